The van der Waals surface area contributed by atoms with E-state index in [1.54, 1.807) is 6.07 Å². The molecule has 0 bridgehead atoms. The Morgan fingerprint density at radius 1 is 0.811 bits per heavy atom. The van der Waals surface area contributed by atoms with E-state index in [-0.39, 0.29) is 5.56 Å². The second-order valence-corrected chi connectivity index (χ2v) is 9.60. The molecule has 0 spiro atoms. The molecule has 2 aromatic carbocycles. The van der Waals surface area contributed by atoms with E-state index >= 15 is 0 Å². The van der Waals surface area contributed by atoms with Gasteiger partial charge in [-0.3, -0.25) is 4.42 Å². The van der Waals surface area contributed by atoms with Crippen LogP contribution >= 0.6 is 0 Å². The summed E-state index contributed by atoms with van der Waals surface area (Å²) in [5.41, 5.74) is 4.84. The van der Waals surface area contributed by atoms with Gasteiger partial charge in [0.05, 0.1) is 12.2 Å². The van der Waals surface area contributed by atoms with E-state index in [9.17, 15) is 9.90 Å². The van der Waals surface area contributed by atoms with E-state index in [4.69, 9.17) is 9.16 Å². The molecule has 1 aliphatic rings. The smallest absolute Gasteiger partial charge is 0.343 e. The lowest BCUT2D eigenvalue weighted by atomic mass is 9.88. The first-order valence-corrected chi connectivity index (χ1v) is 13.7. The number of rotatable bonds is 14. The molecule has 0 radical (unpaired) electrons. The van der Waals surface area contributed by atoms with Crippen LogP contribution in [0.3, 0.4) is 0 Å². The summed E-state index contributed by atoms with van der Waals surface area (Å²) in [4.78, 5) is 12.4. The zero-order valence-corrected chi connectivity index (χ0v) is 22.6. The maximum Gasteiger partial charge on any atom is 0.343 e. The van der Waals surface area contributed by atoms with Gasteiger partial charge in [-0.25, -0.2) is 4.79 Å². The zero-order chi connectivity index (χ0) is 26.5. The summed E-state index contributed by atoms with van der Waals surface area (Å²) >= 11 is 0. The Bertz CT molecular complexity index is 1130. The fourth-order valence-corrected chi connectivity index (χ4v) is 4.36. The number of benzene rings is 2. The van der Waals surface area contributed by atoms with Crippen LogP contribution in [0, 0.1) is 6.92 Å². The first kappa shape index (κ1) is 28.2. The summed E-state index contributed by atoms with van der Waals surface area (Å²) in [6.07, 6.45) is 17.1. The summed E-state index contributed by atoms with van der Waals surface area (Å²) in [5.74, 6) is 0.449. The molecule has 0 unspecified atom stereocenters. The minimum absolute atomic E-state index is 0.234. The predicted molar refractivity (Wildman–Crippen MR) is 153 cm³/mol. The van der Waals surface area contributed by atoms with Gasteiger partial charge in [0, 0.05) is 18.6 Å². The Morgan fingerprint density at radius 3 is 2.14 bits per heavy atom. The van der Waals surface area contributed by atoms with Gasteiger partial charge in [-0.05, 0) is 72.4 Å². The maximum atomic E-state index is 12.4. The Balaban J connectivity index is 1.93. The molecule has 4 heteroatoms. The summed E-state index contributed by atoms with van der Waals surface area (Å²) < 4.78 is 11.8. The highest BCUT2D eigenvalue weighted by Gasteiger charge is 2.20. The molecule has 1 N–H and O–H groups in total. The lowest BCUT2D eigenvalue weighted by Crippen LogP contribution is -2.07. The summed E-state index contributed by atoms with van der Waals surface area (Å²) in [6.45, 7) is 7.72. The SMILES string of the molecule is CCCCCCOc1ccc(C(=C2C=CC(=[O+]CCCCCC)C=C2)c2ccc(C)cc2)c(C(=O)O)c1. The van der Waals surface area contributed by atoms with Crippen molar-refractivity contribution in [1.82, 2.24) is 0 Å². The number of carboxylic acid groups (broad SMARTS) is 1. The van der Waals surface area contributed by atoms with Crippen LogP contribution in [-0.2, 0) is 4.42 Å². The number of carbonyl (C=O) groups is 1. The topological polar surface area (TPSA) is 57.8 Å². The molecule has 0 aromatic heterocycles. The van der Waals surface area contributed by atoms with E-state index < -0.39 is 5.97 Å². The van der Waals surface area contributed by atoms with Gasteiger partial charge in [-0.15, -0.1) is 0 Å². The van der Waals surface area contributed by atoms with Gasteiger partial charge >= 0.3 is 11.8 Å². The molecule has 0 saturated carbocycles. The number of carbonyl (C=O) groups excluding carboxylic acids is 1. The number of ether oxygens (including phenoxy) is 1. The number of aryl methyl sites for hydroxylation is 1. The molecule has 0 heterocycles. The van der Waals surface area contributed by atoms with Crippen LogP contribution in [0.1, 0.15) is 92.3 Å². The van der Waals surface area contributed by atoms with Crippen LogP contribution < -0.4 is 4.74 Å². The first-order chi connectivity index (χ1) is 18.0. The zero-order valence-electron chi connectivity index (χ0n) is 22.6. The van der Waals surface area contributed by atoms with Crippen molar-refractivity contribution in [1.29, 1.82) is 0 Å². The lowest BCUT2D eigenvalue weighted by molar-refractivity contribution is -0.456. The molecule has 3 rings (SSSR count). The molecule has 0 saturated heterocycles. The molecule has 0 atom stereocenters. The molecule has 4 nitrogen and oxygen atoms in total. The molecule has 0 fully saturated rings. The van der Waals surface area contributed by atoms with Crippen LogP contribution in [-0.4, -0.2) is 30.1 Å². The van der Waals surface area contributed by atoms with Crippen LogP contribution in [0.5, 0.6) is 5.75 Å². The van der Waals surface area contributed by atoms with Crippen molar-refractivity contribution in [3.05, 3.63) is 94.6 Å². The molecule has 2 aromatic rings. The molecule has 1 aliphatic carbocycles. The van der Waals surface area contributed by atoms with Crippen molar-refractivity contribution < 1.29 is 19.1 Å². The van der Waals surface area contributed by atoms with Gasteiger partial charge in [0.1, 0.15) is 5.75 Å². The van der Waals surface area contributed by atoms with Crippen LogP contribution in [0.2, 0.25) is 0 Å². The molecule has 196 valence electrons. The lowest BCUT2D eigenvalue weighted by Gasteiger charge is -2.17. The Kier molecular flexibility index (Phi) is 11.4. The summed E-state index contributed by atoms with van der Waals surface area (Å²) in [6, 6.07) is 13.6. The summed E-state index contributed by atoms with van der Waals surface area (Å²) in [5, 5.41) is 10.1. The van der Waals surface area contributed by atoms with Crippen molar-refractivity contribution in [2.75, 3.05) is 13.2 Å². The summed E-state index contributed by atoms with van der Waals surface area (Å²) in [7, 11) is 0. The van der Waals surface area contributed by atoms with Gasteiger partial charge in [-0.2, -0.15) is 0 Å². The molecule has 0 aliphatic heterocycles. The van der Waals surface area contributed by atoms with Crippen molar-refractivity contribution in [3.63, 3.8) is 0 Å². The number of ketones is 1. The van der Waals surface area contributed by atoms with Gasteiger partial charge < -0.3 is 9.84 Å². The van der Waals surface area contributed by atoms with Crippen molar-refractivity contribution in [2.45, 2.75) is 72.1 Å². The van der Waals surface area contributed by atoms with Crippen LogP contribution in [0.4, 0.5) is 0 Å². The Labute approximate surface area is 222 Å². The van der Waals surface area contributed by atoms with E-state index in [1.807, 2.05) is 55.5 Å². The van der Waals surface area contributed by atoms with E-state index in [0.717, 1.165) is 47.3 Å². The van der Waals surface area contributed by atoms with E-state index in [2.05, 4.69) is 26.0 Å². The average Bonchev–Trinajstić information content (AvgIpc) is 2.91. The number of allylic oxidation sites excluding steroid dienone is 5. The highest BCUT2D eigenvalue weighted by Crippen LogP contribution is 2.34. The molecular formula is C33H41O4+. The first-order valence-electron chi connectivity index (χ1n) is 13.7. The minimum Gasteiger partial charge on any atom is -0.494 e. The number of unbranched alkanes of at least 4 members (excludes halogenated alkanes) is 6. The van der Waals surface area contributed by atoms with Crippen molar-refractivity contribution in [3.8, 4) is 5.75 Å². The van der Waals surface area contributed by atoms with Gasteiger partial charge in [0.25, 0.3) is 6.61 Å². The Hall–Kier alpha value is -3.40. The number of aromatic carboxylic acids is 1. The third-order valence-electron chi connectivity index (χ3n) is 6.51. The third-order valence-corrected chi connectivity index (χ3v) is 6.51. The van der Waals surface area contributed by atoms with Crippen molar-refractivity contribution in [2.24, 2.45) is 0 Å². The quantitative estimate of drug-likeness (QED) is 0.209. The highest BCUT2D eigenvalue weighted by atomic mass is 16.5. The Morgan fingerprint density at radius 2 is 1.49 bits per heavy atom. The van der Waals surface area contributed by atoms with Gasteiger partial charge in [-0.1, -0.05) is 75.8 Å². The maximum absolute atomic E-state index is 12.4. The van der Waals surface area contributed by atoms with Gasteiger partial charge in [0.15, 0.2) is 0 Å². The average molecular weight is 502 g/mol. The minimum atomic E-state index is -0.969. The largest absolute Gasteiger partial charge is 0.494 e. The molecule has 37 heavy (non-hydrogen) atoms. The predicted octanol–water partition coefficient (Wildman–Crippen LogP) is 8.27. The number of carboxylic acids is 1. The number of hydrogen-bond acceptors (Lipinski definition) is 2. The third kappa shape index (κ3) is 8.59. The fraction of sp³-hybridized carbons (Fsp3) is 0.394. The molecule has 0 amide bonds. The second-order valence-electron chi connectivity index (χ2n) is 9.60. The van der Waals surface area contributed by atoms with Crippen molar-refractivity contribution >= 4 is 17.3 Å². The molecular weight excluding hydrogens is 460 g/mol. The monoisotopic (exact) mass is 501 g/mol. The number of hydrogen-bond donors (Lipinski definition) is 1. The fourth-order valence-electron chi connectivity index (χ4n) is 4.36. The van der Waals surface area contributed by atoms with Gasteiger partial charge in [0.2, 0.25) is 0 Å². The normalized spacial score (nSPS) is 12.6. The van der Waals surface area contributed by atoms with Crippen LogP contribution in [0.25, 0.3) is 5.57 Å². The van der Waals surface area contributed by atoms with Crippen LogP contribution in [0.15, 0.2) is 72.3 Å². The highest BCUT2D eigenvalue weighted by molar-refractivity contribution is 6.04. The van der Waals surface area contributed by atoms with E-state index in [0.29, 0.717) is 24.5 Å². The second kappa shape index (κ2) is 15.0. The van der Waals surface area contributed by atoms with E-state index in [1.165, 1.54) is 32.1 Å². The standard InChI is InChI=1S/C33H40O4/c1-4-6-8-10-22-36-28-18-16-27(17-19-28)32(26-14-12-25(3)13-15-26)30-21-20-29(24-31(30)33(34)35)37-23-11-9-7-5-2/h12-21,24H,4-11,22-23H2,1-3H3/p+1.